The number of ether oxygens (including phenoxy) is 1. The van der Waals surface area contributed by atoms with E-state index in [1.54, 1.807) is 4.90 Å². The van der Waals surface area contributed by atoms with E-state index in [1.807, 2.05) is 20.8 Å². The van der Waals surface area contributed by atoms with Gasteiger partial charge in [0.2, 0.25) is 0 Å². The molecule has 1 amide bonds. The molecule has 0 aromatic carbocycles. The normalized spacial score (nSPS) is 23.6. The van der Waals surface area contributed by atoms with E-state index in [1.165, 1.54) is 6.92 Å². The third kappa shape index (κ3) is 3.72. The highest BCUT2D eigenvalue weighted by Crippen LogP contribution is 2.35. The molecule has 0 N–H and O–H groups in total. The van der Waals surface area contributed by atoms with Gasteiger partial charge in [-0.2, -0.15) is 0 Å². The van der Waals surface area contributed by atoms with Gasteiger partial charge >= 0.3 is 6.09 Å². The number of likely N-dealkylation sites (tertiary alicyclic amines) is 1. The summed E-state index contributed by atoms with van der Waals surface area (Å²) in [6.07, 6.45) is 0.324. The number of carbonyl (C=O) groups excluding carboxylic acids is 2. The summed E-state index contributed by atoms with van der Waals surface area (Å²) in [5.41, 5.74) is -0.543. The average Bonchev–Trinajstić information content (AvgIpc) is 2.38. The van der Waals surface area contributed by atoms with Crippen molar-refractivity contribution in [3.63, 3.8) is 0 Å². The molecule has 0 bridgehead atoms. The molecule has 98 valence electrons. The van der Waals surface area contributed by atoms with E-state index in [0.717, 1.165) is 0 Å². The van der Waals surface area contributed by atoms with Crippen LogP contribution in [0.1, 0.15) is 48.0 Å². The smallest absolute Gasteiger partial charge is 0.410 e. The number of hydrogen-bond acceptors (Lipinski definition) is 3. The molecule has 1 unspecified atom stereocenters. The van der Waals surface area contributed by atoms with Crippen LogP contribution in [-0.4, -0.2) is 35.0 Å². The van der Waals surface area contributed by atoms with Gasteiger partial charge in [-0.1, -0.05) is 13.8 Å². The molecule has 1 aliphatic rings. The maximum atomic E-state index is 12.0. The van der Waals surface area contributed by atoms with Crippen molar-refractivity contribution in [2.24, 2.45) is 5.41 Å². The topological polar surface area (TPSA) is 46.6 Å². The van der Waals surface area contributed by atoms with Gasteiger partial charge in [-0.25, -0.2) is 4.79 Å². The minimum atomic E-state index is -0.523. The average molecular weight is 241 g/mol. The van der Waals surface area contributed by atoms with Crippen molar-refractivity contribution in [2.45, 2.75) is 59.6 Å². The second kappa shape index (κ2) is 4.31. The van der Waals surface area contributed by atoms with Crippen molar-refractivity contribution < 1.29 is 14.3 Å². The van der Waals surface area contributed by atoms with Gasteiger partial charge in [0.1, 0.15) is 5.60 Å². The Labute approximate surface area is 103 Å². The summed E-state index contributed by atoms with van der Waals surface area (Å²) in [6.45, 7) is 11.7. The lowest BCUT2D eigenvalue weighted by Gasteiger charge is -2.27. The molecule has 0 aromatic rings. The van der Waals surface area contributed by atoms with Crippen LogP contribution in [0.25, 0.3) is 0 Å². The van der Waals surface area contributed by atoms with Crippen molar-refractivity contribution >= 4 is 11.9 Å². The molecule has 1 rings (SSSR count). The van der Waals surface area contributed by atoms with Crippen molar-refractivity contribution in [3.05, 3.63) is 0 Å². The van der Waals surface area contributed by atoms with E-state index in [-0.39, 0.29) is 23.3 Å². The van der Waals surface area contributed by atoms with Crippen LogP contribution in [0.15, 0.2) is 0 Å². The van der Waals surface area contributed by atoms with Crippen LogP contribution >= 0.6 is 0 Å². The standard InChI is InChI=1S/C13H23NO3/c1-9(15)10-7-13(5,6)8-14(10)11(16)17-12(2,3)4/h10H,7-8H2,1-6H3. The molecule has 0 aromatic heterocycles. The molecular formula is C13H23NO3. The second-order valence-electron chi connectivity index (χ2n) is 6.60. The molecule has 1 fully saturated rings. The van der Waals surface area contributed by atoms with Crippen LogP contribution < -0.4 is 0 Å². The van der Waals surface area contributed by atoms with Crippen molar-refractivity contribution in [1.82, 2.24) is 4.90 Å². The lowest BCUT2D eigenvalue weighted by molar-refractivity contribution is -0.121. The third-order valence-electron chi connectivity index (χ3n) is 2.82. The molecule has 1 heterocycles. The molecule has 1 aliphatic heterocycles. The second-order valence-corrected chi connectivity index (χ2v) is 6.60. The maximum absolute atomic E-state index is 12.0. The van der Waals surface area contributed by atoms with Crippen molar-refractivity contribution in [1.29, 1.82) is 0 Å². The summed E-state index contributed by atoms with van der Waals surface area (Å²) in [5, 5.41) is 0. The molecule has 4 nitrogen and oxygen atoms in total. The monoisotopic (exact) mass is 241 g/mol. The fourth-order valence-corrected chi connectivity index (χ4v) is 2.15. The van der Waals surface area contributed by atoms with Crippen LogP contribution in [0.3, 0.4) is 0 Å². The summed E-state index contributed by atoms with van der Waals surface area (Å²) in [5.74, 6) is 0.0291. The molecule has 1 atom stereocenters. The Hall–Kier alpha value is -1.06. The van der Waals surface area contributed by atoms with E-state index >= 15 is 0 Å². The Balaban J connectivity index is 2.81. The molecule has 0 spiro atoms. The molecular weight excluding hydrogens is 218 g/mol. The third-order valence-corrected chi connectivity index (χ3v) is 2.82. The molecule has 4 heteroatoms. The predicted molar refractivity (Wildman–Crippen MR) is 65.8 cm³/mol. The van der Waals surface area contributed by atoms with Gasteiger partial charge in [-0.05, 0) is 39.5 Å². The first-order valence-electron chi connectivity index (χ1n) is 6.02. The van der Waals surface area contributed by atoms with Gasteiger partial charge in [0.25, 0.3) is 0 Å². The van der Waals surface area contributed by atoms with E-state index in [2.05, 4.69) is 13.8 Å². The van der Waals surface area contributed by atoms with Gasteiger partial charge in [-0.3, -0.25) is 9.69 Å². The zero-order chi connectivity index (χ0) is 13.4. The molecule has 1 saturated heterocycles. The Bertz CT molecular complexity index is 328. The quantitative estimate of drug-likeness (QED) is 0.709. The maximum Gasteiger partial charge on any atom is 0.410 e. The minimum absolute atomic E-state index is 0.0206. The van der Waals surface area contributed by atoms with Crippen molar-refractivity contribution in [3.8, 4) is 0 Å². The van der Waals surface area contributed by atoms with Gasteiger partial charge < -0.3 is 4.74 Å². The lowest BCUT2D eigenvalue weighted by Crippen LogP contribution is -2.42. The Morgan fingerprint density at radius 2 is 1.82 bits per heavy atom. The highest BCUT2D eigenvalue weighted by molar-refractivity contribution is 5.86. The Kier molecular flexibility index (Phi) is 3.55. The van der Waals surface area contributed by atoms with Gasteiger partial charge in [-0.15, -0.1) is 0 Å². The van der Waals surface area contributed by atoms with Crippen molar-refractivity contribution in [2.75, 3.05) is 6.54 Å². The van der Waals surface area contributed by atoms with Gasteiger partial charge in [0, 0.05) is 6.54 Å². The molecule has 0 saturated carbocycles. The van der Waals surface area contributed by atoms with E-state index in [0.29, 0.717) is 13.0 Å². The van der Waals surface area contributed by atoms with Crippen LogP contribution in [0.4, 0.5) is 4.79 Å². The molecule has 17 heavy (non-hydrogen) atoms. The minimum Gasteiger partial charge on any atom is -0.444 e. The Morgan fingerprint density at radius 1 is 1.29 bits per heavy atom. The summed E-state index contributed by atoms with van der Waals surface area (Å²) in [6, 6.07) is -0.333. The van der Waals surface area contributed by atoms with Crippen LogP contribution in [-0.2, 0) is 9.53 Å². The van der Waals surface area contributed by atoms with Crippen LogP contribution in [0, 0.1) is 5.41 Å². The predicted octanol–water partition coefficient (Wildman–Crippen LogP) is 2.61. The number of hydrogen-bond donors (Lipinski definition) is 0. The number of amides is 1. The number of carbonyl (C=O) groups is 2. The fraction of sp³-hybridized carbons (Fsp3) is 0.846. The fourth-order valence-electron chi connectivity index (χ4n) is 2.15. The number of rotatable bonds is 1. The summed E-state index contributed by atoms with van der Waals surface area (Å²) in [4.78, 5) is 25.1. The van der Waals surface area contributed by atoms with E-state index < -0.39 is 5.60 Å². The summed E-state index contributed by atoms with van der Waals surface area (Å²) < 4.78 is 5.33. The first-order valence-corrected chi connectivity index (χ1v) is 6.02. The first kappa shape index (κ1) is 14.0. The van der Waals surface area contributed by atoms with Gasteiger partial charge in [0.05, 0.1) is 6.04 Å². The number of ketones is 1. The number of Topliss-reactive ketones (excluding diaryl/α,β-unsaturated/α-hetero) is 1. The highest BCUT2D eigenvalue weighted by atomic mass is 16.6. The van der Waals surface area contributed by atoms with Gasteiger partial charge in [0.15, 0.2) is 5.78 Å². The zero-order valence-corrected chi connectivity index (χ0v) is 11.7. The van der Waals surface area contributed by atoms with Crippen LogP contribution in [0.2, 0.25) is 0 Å². The van der Waals surface area contributed by atoms with Crippen LogP contribution in [0.5, 0.6) is 0 Å². The molecule has 0 radical (unpaired) electrons. The lowest BCUT2D eigenvalue weighted by atomic mass is 9.90. The first-order chi connectivity index (χ1) is 7.52. The van der Waals surface area contributed by atoms with E-state index in [4.69, 9.17) is 4.74 Å². The summed E-state index contributed by atoms with van der Waals surface area (Å²) >= 11 is 0. The summed E-state index contributed by atoms with van der Waals surface area (Å²) in [7, 11) is 0. The highest BCUT2D eigenvalue weighted by Gasteiger charge is 2.43. The Morgan fingerprint density at radius 3 is 2.24 bits per heavy atom. The zero-order valence-electron chi connectivity index (χ0n) is 11.7. The van der Waals surface area contributed by atoms with E-state index in [9.17, 15) is 9.59 Å². The molecule has 0 aliphatic carbocycles. The largest absolute Gasteiger partial charge is 0.444 e. The number of nitrogens with zero attached hydrogens (tertiary/aromatic N) is 1. The SMILES string of the molecule is CC(=O)C1CC(C)(C)CN1C(=O)OC(C)(C)C.